The lowest BCUT2D eigenvalue weighted by molar-refractivity contribution is -0.115. The van der Waals surface area contributed by atoms with Gasteiger partial charge in [-0.2, -0.15) is 0 Å². The molecule has 0 aliphatic heterocycles. The molecule has 0 fully saturated rings. The minimum atomic E-state index is -3.41. The normalized spacial score (nSPS) is 11.3. The van der Waals surface area contributed by atoms with E-state index in [9.17, 15) is 18.3 Å². The number of amides is 1. The van der Waals surface area contributed by atoms with Crippen LogP contribution in [0.4, 0.5) is 5.69 Å². The molecular weight excluding hydrogens is 394 g/mol. The molecule has 2 aromatic carbocycles. The summed E-state index contributed by atoms with van der Waals surface area (Å²) in [6.45, 7) is 3.40. The van der Waals surface area contributed by atoms with Gasteiger partial charge in [-0.1, -0.05) is 25.1 Å². The van der Waals surface area contributed by atoms with Crippen LogP contribution in [-0.4, -0.2) is 25.2 Å². The molecule has 24 heavy (non-hydrogen) atoms. The first-order valence-electron chi connectivity index (χ1n) is 7.34. The quantitative estimate of drug-likeness (QED) is 0.737. The van der Waals surface area contributed by atoms with E-state index in [0.717, 1.165) is 5.56 Å². The van der Waals surface area contributed by atoms with Crippen molar-refractivity contribution in [3.05, 3.63) is 52.0 Å². The first kappa shape index (κ1) is 18.5. The summed E-state index contributed by atoms with van der Waals surface area (Å²) < 4.78 is 24.7. The number of benzene rings is 2. The van der Waals surface area contributed by atoms with Gasteiger partial charge in [-0.25, -0.2) is 8.42 Å². The predicted octanol–water partition coefficient (Wildman–Crippen LogP) is 3.44. The second-order valence-corrected chi connectivity index (χ2v) is 8.48. The second kappa shape index (κ2) is 7.36. The van der Waals surface area contributed by atoms with Crippen molar-refractivity contribution in [2.24, 2.45) is 0 Å². The molecule has 5 nitrogen and oxygen atoms in total. The summed E-state index contributed by atoms with van der Waals surface area (Å²) in [5.74, 6) is -0.498. The fourth-order valence-electron chi connectivity index (χ4n) is 2.31. The number of carbonyl (C=O) groups is 1. The number of halogens is 1. The van der Waals surface area contributed by atoms with Crippen molar-refractivity contribution in [1.29, 1.82) is 0 Å². The van der Waals surface area contributed by atoms with Gasteiger partial charge in [0.2, 0.25) is 5.91 Å². The average molecular weight is 412 g/mol. The largest absolute Gasteiger partial charge is 0.505 e. The van der Waals surface area contributed by atoms with Gasteiger partial charge in [0.15, 0.2) is 15.6 Å². The van der Waals surface area contributed by atoms with E-state index in [1.807, 2.05) is 6.92 Å². The molecule has 0 aliphatic rings. The van der Waals surface area contributed by atoms with Crippen molar-refractivity contribution in [1.82, 2.24) is 0 Å². The number of aryl methyl sites for hydroxylation is 1. The maximum atomic E-state index is 12.3. The first-order chi connectivity index (χ1) is 11.2. The standard InChI is InChI=1S/C17H18BrNO4S/c1-3-24(22,23)15-7-5-4-6-12(15)10-16(20)19-14-9-11(2)8-13(18)17(14)21/h4-9,21H,3,10H2,1-2H3,(H,19,20). The molecule has 2 aromatic rings. The molecule has 2 N–H and O–H groups in total. The number of hydrogen-bond donors (Lipinski definition) is 2. The van der Waals surface area contributed by atoms with Gasteiger partial charge >= 0.3 is 0 Å². The molecule has 0 unspecified atom stereocenters. The monoisotopic (exact) mass is 411 g/mol. The van der Waals surface area contributed by atoms with Crippen LogP contribution in [0.25, 0.3) is 0 Å². The van der Waals surface area contributed by atoms with Crippen molar-refractivity contribution in [3.63, 3.8) is 0 Å². The Balaban J connectivity index is 2.26. The summed E-state index contributed by atoms with van der Waals surface area (Å²) in [5, 5.41) is 12.6. The Morgan fingerprint density at radius 3 is 2.58 bits per heavy atom. The Morgan fingerprint density at radius 1 is 1.25 bits per heavy atom. The van der Waals surface area contributed by atoms with Crippen molar-refractivity contribution < 1.29 is 18.3 Å². The molecule has 0 saturated heterocycles. The van der Waals surface area contributed by atoms with Crippen LogP contribution in [0.5, 0.6) is 5.75 Å². The summed E-state index contributed by atoms with van der Waals surface area (Å²) in [5.41, 5.74) is 1.58. The average Bonchev–Trinajstić information content (AvgIpc) is 2.52. The van der Waals surface area contributed by atoms with E-state index in [2.05, 4.69) is 21.2 Å². The zero-order chi connectivity index (χ0) is 17.9. The van der Waals surface area contributed by atoms with E-state index >= 15 is 0 Å². The van der Waals surface area contributed by atoms with Gasteiger partial charge in [0, 0.05) is 0 Å². The molecule has 0 aliphatic carbocycles. The van der Waals surface area contributed by atoms with Gasteiger partial charge in [0.25, 0.3) is 0 Å². The molecule has 0 saturated carbocycles. The third kappa shape index (κ3) is 4.15. The van der Waals surface area contributed by atoms with Gasteiger partial charge < -0.3 is 10.4 Å². The Hall–Kier alpha value is -1.86. The van der Waals surface area contributed by atoms with Crippen LogP contribution >= 0.6 is 15.9 Å². The SMILES string of the molecule is CCS(=O)(=O)c1ccccc1CC(=O)Nc1cc(C)cc(Br)c1O. The van der Waals surface area contributed by atoms with E-state index in [4.69, 9.17) is 0 Å². The smallest absolute Gasteiger partial charge is 0.228 e. The maximum absolute atomic E-state index is 12.3. The molecule has 2 rings (SSSR count). The number of aromatic hydroxyl groups is 1. The Labute approximate surface area is 149 Å². The summed E-state index contributed by atoms with van der Waals surface area (Å²) in [6, 6.07) is 9.82. The highest BCUT2D eigenvalue weighted by molar-refractivity contribution is 9.10. The van der Waals surface area contributed by atoms with Crippen LogP contribution in [0.15, 0.2) is 45.8 Å². The summed E-state index contributed by atoms with van der Waals surface area (Å²) in [4.78, 5) is 12.5. The van der Waals surface area contributed by atoms with Crippen LogP contribution < -0.4 is 5.32 Å². The Bertz CT molecular complexity index is 878. The highest BCUT2D eigenvalue weighted by Crippen LogP contribution is 2.33. The zero-order valence-corrected chi connectivity index (χ0v) is 15.7. The number of phenolic OH excluding ortho intramolecular Hbond substituents is 1. The van der Waals surface area contributed by atoms with Crippen LogP contribution in [0.1, 0.15) is 18.1 Å². The van der Waals surface area contributed by atoms with E-state index in [1.165, 1.54) is 6.07 Å². The first-order valence-corrected chi connectivity index (χ1v) is 9.78. The molecule has 0 bridgehead atoms. The minimum absolute atomic E-state index is 0.0305. The molecular formula is C17H18BrNO4S. The van der Waals surface area contributed by atoms with E-state index < -0.39 is 15.7 Å². The van der Waals surface area contributed by atoms with Crippen molar-refractivity contribution in [2.75, 3.05) is 11.1 Å². The van der Waals surface area contributed by atoms with Crippen LogP contribution in [-0.2, 0) is 21.1 Å². The second-order valence-electron chi connectivity index (χ2n) is 5.38. The molecule has 128 valence electrons. The number of sulfone groups is 1. The van der Waals surface area contributed by atoms with Crippen LogP contribution in [0.2, 0.25) is 0 Å². The van der Waals surface area contributed by atoms with Crippen LogP contribution in [0, 0.1) is 6.92 Å². The molecule has 0 aromatic heterocycles. The Kier molecular flexibility index (Phi) is 5.66. The fraction of sp³-hybridized carbons (Fsp3) is 0.235. The predicted molar refractivity (Wildman–Crippen MR) is 97.0 cm³/mol. The van der Waals surface area contributed by atoms with E-state index in [1.54, 1.807) is 37.3 Å². The molecule has 7 heteroatoms. The van der Waals surface area contributed by atoms with Crippen LogP contribution in [0.3, 0.4) is 0 Å². The number of phenols is 1. The molecule has 0 atom stereocenters. The fourth-order valence-corrected chi connectivity index (χ4v) is 4.02. The third-order valence-corrected chi connectivity index (χ3v) is 5.95. The summed E-state index contributed by atoms with van der Waals surface area (Å²) in [6.07, 6.45) is -0.0968. The summed E-state index contributed by atoms with van der Waals surface area (Å²) in [7, 11) is -3.41. The topological polar surface area (TPSA) is 83.5 Å². The number of carbonyl (C=O) groups excluding carboxylic acids is 1. The molecule has 0 heterocycles. The lowest BCUT2D eigenvalue weighted by Gasteiger charge is -2.12. The van der Waals surface area contributed by atoms with Gasteiger partial charge in [-0.15, -0.1) is 0 Å². The molecule has 0 spiro atoms. The van der Waals surface area contributed by atoms with Crippen molar-refractivity contribution in [2.45, 2.75) is 25.2 Å². The highest BCUT2D eigenvalue weighted by atomic mass is 79.9. The zero-order valence-electron chi connectivity index (χ0n) is 13.3. The highest BCUT2D eigenvalue weighted by Gasteiger charge is 2.18. The van der Waals surface area contributed by atoms with Crippen molar-refractivity contribution >= 4 is 37.4 Å². The number of hydrogen-bond acceptors (Lipinski definition) is 4. The lowest BCUT2D eigenvalue weighted by Crippen LogP contribution is -2.17. The Morgan fingerprint density at radius 2 is 1.92 bits per heavy atom. The number of rotatable bonds is 5. The van der Waals surface area contributed by atoms with E-state index in [0.29, 0.717) is 10.0 Å². The lowest BCUT2D eigenvalue weighted by atomic mass is 10.1. The van der Waals surface area contributed by atoms with Gasteiger partial charge in [0.05, 0.1) is 27.2 Å². The number of nitrogens with one attached hydrogen (secondary N) is 1. The molecule has 1 amide bonds. The minimum Gasteiger partial charge on any atom is -0.505 e. The third-order valence-electron chi connectivity index (χ3n) is 3.52. The molecule has 0 radical (unpaired) electrons. The van der Waals surface area contributed by atoms with E-state index in [-0.39, 0.29) is 28.5 Å². The van der Waals surface area contributed by atoms with Gasteiger partial charge in [-0.05, 0) is 52.2 Å². The number of anilines is 1. The van der Waals surface area contributed by atoms with Gasteiger partial charge in [0.1, 0.15) is 0 Å². The maximum Gasteiger partial charge on any atom is 0.228 e. The van der Waals surface area contributed by atoms with Gasteiger partial charge in [-0.3, -0.25) is 4.79 Å². The summed E-state index contributed by atoms with van der Waals surface area (Å²) >= 11 is 3.22. The van der Waals surface area contributed by atoms with Crippen molar-refractivity contribution in [3.8, 4) is 5.75 Å².